The van der Waals surface area contributed by atoms with Crippen LogP contribution < -0.4 is 16.0 Å². The summed E-state index contributed by atoms with van der Waals surface area (Å²) in [5.41, 5.74) is 3.62. The third kappa shape index (κ3) is 5.51. The molecule has 3 aromatic heterocycles. The highest BCUT2D eigenvalue weighted by molar-refractivity contribution is 6.06. The van der Waals surface area contributed by atoms with E-state index < -0.39 is 5.91 Å². The number of aromatic nitrogens is 6. The maximum absolute atomic E-state index is 12.3. The van der Waals surface area contributed by atoms with Gasteiger partial charge in [-0.3, -0.25) is 4.79 Å². The van der Waals surface area contributed by atoms with Gasteiger partial charge < -0.3 is 20.5 Å². The molecule has 1 aliphatic rings. The SMILES string of the molecule is CC#CC(=O)Nc1cc(-c2nncn2C)ccc1Nc1ncc2cc(C)nc(NC3CCCCC3)c2n1. The van der Waals surface area contributed by atoms with Crippen molar-refractivity contribution in [3.8, 4) is 23.2 Å². The van der Waals surface area contributed by atoms with Crippen LogP contribution in [0.4, 0.5) is 23.1 Å². The molecule has 0 bridgehead atoms. The van der Waals surface area contributed by atoms with Crippen LogP contribution in [0, 0.1) is 18.8 Å². The number of fused-ring (bicyclic) bond motifs is 1. The molecule has 1 fully saturated rings. The number of nitrogens with one attached hydrogen (secondary N) is 3. The molecule has 1 aromatic carbocycles. The van der Waals surface area contributed by atoms with Crippen molar-refractivity contribution in [1.29, 1.82) is 0 Å². The molecule has 0 atom stereocenters. The standard InChI is InChI=1S/C27H29N9O/c1-4-8-23(37)32-22-14-18(26-35-29-16-36(26)3)11-12-21(22)33-27-28-15-19-13-17(2)30-25(24(19)34-27)31-20-9-6-5-7-10-20/h11-16,20H,5-7,9-10H2,1-3H3,(H,30,31)(H,32,37)(H,28,33,34). The smallest absolute Gasteiger partial charge is 0.300 e. The molecule has 1 amide bonds. The lowest BCUT2D eigenvalue weighted by Crippen LogP contribution is -2.23. The molecule has 10 nitrogen and oxygen atoms in total. The number of carbonyl (C=O) groups is 1. The predicted octanol–water partition coefficient (Wildman–Crippen LogP) is 4.58. The summed E-state index contributed by atoms with van der Waals surface area (Å²) in [5.74, 6) is 6.57. The molecular formula is C27H29N9O. The summed E-state index contributed by atoms with van der Waals surface area (Å²) in [5, 5.41) is 18.8. The van der Waals surface area contributed by atoms with Crippen molar-refractivity contribution >= 4 is 40.0 Å². The van der Waals surface area contributed by atoms with Crippen LogP contribution in [0.5, 0.6) is 0 Å². The summed E-state index contributed by atoms with van der Waals surface area (Å²) in [4.78, 5) is 26.4. The number of anilines is 4. The van der Waals surface area contributed by atoms with Gasteiger partial charge in [-0.15, -0.1) is 10.2 Å². The minimum absolute atomic E-state index is 0.396. The molecule has 188 valence electrons. The summed E-state index contributed by atoms with van der Waals surface area (Å²) in [7, 11) is 1.86. The number of nitrogens with zero attached hydrogens (tertiary/aromatic N) is 6. The first-order valence-corrected chi connectivity index (χ1v) is 12.4. The van der Waals surface area contributed by atoms with Gasteiger partial charge in [-0.25, -0.2) is 15.0 Å². The van der Waals surface area contributed by atoms with Crippen molar-refractivity contribution in [2.24, 2.45) is 7.05 Å². The summed E-state index contributed by atoms with van der Waals surface area (Å²) in [6.07, 6.45) is 9.42. The zero-order valence-electron chi connectivity index (χ0n) is 21.2. The van der Waals surface area contributed by atoms with Crippen molar-refractivity contribution in [3.05, 3.63) is 42.5 Å². The topological polar surface area (TPSA) is 123 Å². The number of aryl methyl sites for hydroxylation is 2. The third-order valence-electron chi connectivity index (χ3n) is 6.36. The molecule has 5 rings (SSSR count). The largest absolute Gasteiger partial charge is 0.366 e. The third-order valence-corrected chi connectivity index (χ3v) is 6.36. The minimum Gasteiger partial charge on any atom is -0.366 e. The Labute approximate surface area is 215 Å². The van der Waals surface area contributed by atoms with Gasteiger partial charge in [0, 0.05) is 35.9 Å². The van der Waals surface area contributed by atoms with Gasteiger partial charge in [0.1, 0.15) is 11.8 Å². The Morgan fingerprint density at radius 3 is 2.70 bits per heavy atom. The number of rotatable bonds is 6. The van der Waals surface area contributed by atoms with E-state index in [1.165, 1.54) is 19.3 Å². The molecule has 4 aromatic rings. The Hall–Kier alpha value is -4.52. The van der Waals surface area contributed by atoms with Gasteiger partial charge in [0.15, 0.2) is 11.6 Å². The number of carbonyl (C=O) groups excluding carboxylic acids is 1. The summed E-state index contributed by atoms with van der Waals surface area (Å²) in [6, 6.07) is 7.95. The Morgan fingerprint density at radius 1 is 1.11 bits per heavy atom. The Balaban J connectivity index is 1.49. The van der Waals surface area contributed by atoms with E-state index in [4.69, 9.17) is 9.97 Å². The first-order chi connectivity index (χ1) is 18.0. The van der Waals surface area contributed by atoms with Crippen molar-refractivity contribution < 1.29 is 4.79 Å². The predicted molar refractivity (Wildman–Crippen MR) is 144 cm³/mol. The average Bonchev–Trinajstić information content (AvgIpc) is 3.32. The molecule has 0 spiro atoms. The van der Waals surface area contributed by atoms with E-state index in [1.807, 2.05) is 42.8 Å². The second-order valence-electron chi connectivity index (χ2n) is 9.20. The van der Waals surface area contributed by atoms with E-state index in [0.717, 1.165) is 40.8 Å². The van der Waals surface area contributed by atoms with Gasteiger partial charge in [0.05, 0.1) is 11.4 Å². The molecule has 3 N–H and O–H groups in total. The van der Waals surface area contributed by atoms with Gasteiger partial charge in [0.25, 0.3) is 5.91 Å². The lowest BCUT2D eigenvalue weighted by molar-refractivity contribution is -0.111. The van der Waals surface area contributed by atoms with Crippen LogP contribution in [0.1, 0.15) is 44.7 Å². The van der Waals surface area contributed by atoms with Gasteiger partial charge in [-0.2, -0.15) is 0 Å². The summed E-state index contributed by atoms with van der Waals surface area (Å²) >= 11 is 0. The molecule has 0 unspecified atom stereocenters. The van der Waals surface area contributed by atoms with Crippen LogP contribution in [0.2, 0.25) is 0 Å². The van der Waals surface area contributed by atoms with E-state index >= 15 is 0 Å². The van der Waals surface area contributed by atoms with Crippen molar-refractivity contribution in [3.63, 3.8) is 0 Å². The van der Waals surface area contributed by atoms with Crippen molar-refractivity contribution in [2.75, 3.05) is 16.0 Å². The average molecular weight is 496 g/mol. The second-order valence-corrected chi connectivity index (χ2v) is 9.20. The highest BCUT2D eigenvalue weighted by atomic mass is 16.1. The molecule has 10 heteroatoms. The number of benzene rings is 1. The van der Waals surface area contributed by atoms with Crippen LogP contribution in [0.25, 0.3) is 22.3 Å². The molecule has 0 radical (unpaired) electrons. The molecule has 3 heterocycles. The zero-order valence-corrected chi connectivity index (χ0v) is 21.2. The van der Waals surface area contributed by atoms with Gasteiger partial charge in [-0.1, -0.05) is 25.2 Å². The van der Waals surface area contributed by atoms with Crippen LogP contribution in [-0.2, 0) is 11.8 Å². The van der Waals surface area contributed by atoms with Gasteiger partial charge in [-0.05, 0) is 56.9 Å². The normalized spacial score (nSPS) is 13.6. The molecule has 37 heavy (non-hydrogen) atoms. The Bertz CT molecular complexity index is 1510. The fraction of sp³-hybridized carbons (Fsp3) is 0.333. The number of hydrogen-bond acceptors (Lipinski definition) is 8. The van der Waals surface area contributed by atoms with Gasteiger partial charge in [0.2, 0.25) is 5.95 Å². The summed E-state index contributed by atoms with van der Waals surface area (Å²) < 4.78 is 1.81. The quantitative estimate of drug-likeness (QED) is 0.332. The van der Waals surface area contributed by atoms with Crippen molar-refractivity contribution in [1.82, 2.24) is 29.7 Å². The lowest BCUT2D eigenvalue weighted by Gasteiger charge is -2.24. The van der Waals surface area contributed by atoms with E-state index in [2.05, 4.69) is 43.0 Å². The van der Waals surface area contributed by atoms with Crippen LogP contribution in [0.3, 0.4) is 0 Å². The fourth-order valence-corrected chi connectivity index (χ4v) is 4.60. The maximum Gasteiger partial charge on any atom is 0.300 e. The highest BCUT2D eigenvalue weighted by Gasteiger charge is 2.17. The lowest BCUT2D eigenvalue weighted by atomic mass is 9.95. The Morgan fingerprint density at radius 2 is 1.95 bits per heavy atom. The number of pyridine rings is 1. The highest BCUT2D eigenvalue weighted by Crippen LogP contribution is 2.31. The zero-order chi connectivity index (χ0) is 25.8. The monoisotopic (exact) mass is 495 g/mol. The van der Waals surface area contributed by atoms with Crippen molar-refractivity contribution in [2.45, 2.75) is 52.0 Å². The maximum atomic E-state index is 12.3. The first-order valence-electron chi connectivity index (χ1n) is 12.4. The first kappa shape index (κ1) is 24.2. The number of hydrogen-bond donors (Lipinski definition) is 3. The fourth-order valence-electron chi connectivity index (χ4n) is 4.60. The molecule has 1 aliphatic carbocycles. The number of amides is 1. The summed E-state index contributed by atoms with van der Waals surface area (Å²) in [6.45, 7) is 3.59. The van der Waals surface area contributed by atoms with Crippen LogP contribution >= 0.6 is 0 Å². The molecular weight excluding hydrogens is 466 g/mol. The van der Waals surface area contributed by atoms with Gasteiger partial charge >= 0.3 is 0 Å². The van der Waals surface area contributed by atoms with E-state index in [1.54, 1.807) is 19.4 Å². The molecule has 1 saturated carbocycles. The molecule has 0 aliphatic heterocycles. The minimum atomic E-state index is -0.418. The van der Waals surface area contributed by atoms with E-state index in [-0.39, 0.29) is 0 Å². The van der Waals surface area contributed by atoms with E-state index in [0.29, 0.717) is 29.2 Å². The second kappa shape index (κ2) is 10.6. The van der Waals surface area contributed by atoms with Crippen LogP contribution in [0.15, 0.2) is 36.8 Å². The molecule has 0 saturated heterocycles. The Kier molecular flexibility index (Phi) is 6.94. The van der Waals surface area contributed by atoms with Crippen LogP contribution in [-0.4, -0.2) is 41.7 Å². The van der Waals surface area contributed by atoms with E-state index in [9.17, 15) is 4.79 Å².